The van der Waals surface area contributed by atoms with Gasteiger partial charge in [0.1, 0.15) is 11.8 Å². The van der Waals surface area contributed by atoms with Crippen molar-refractivity contribution in [3.8, 4) is 61.9 Å². The average molecular weight is 2140 g/mol. The fourth-order valence-electron chi connectivity index (χ4n) is 15.0. The van der Waals surface area contributed by atoms with Crippen molar-refractivity contribution in [1.29, 1.82) is 5.26 Å². The third kappa shape index (κ3) is 17.5. The summed E-state index contributed by atoms with van der Waals surface area (Å²) in [6.07, 6.45) is 7.76. The van der Waals surface area contributed by atoms with Crippen LogP contribution in [0.4, 0.5) is 14.5 Å². The maximum Gasteiger partial charge on any atom is 0.354 e. The number of carboxylic acids is 1. The van der Waals surface area contributed by atoms with Crippen LogP contribution in [0.2, 0.25) is 0 Å². The third-order valence-electron chi connectivity index (χ3n) is 19.8. The number of ketones is 1. The molecular formula is C102H67F2Ir3N10O4S-3. The number of hydrogen-bond acceptors (Lipinski definition) is 9. The number of halogens is 2. The van der Waals surface area contributed by atoms with Crippen LogP contribution in [0.1, 0.15) is 29.9 Å². The minimum atomic E-state index is -0.990. The van der Waals surface area contributed by atoms with Crippen molar-refractivity contribution in [1.82, 2.24) is 38.2 Å². The summed E-state index contributed by atoms with van der Waals surface area (Å²) in [4.78, 5) is 42.0. The van der Waals surface area contributed by atoms with Crippen molar-refractivity contribution >= 4 is 126 Å². The van der Waals surface area contributed by atoms with Gasteiger partial charge >= 0.3 is 5.97 Å². The van der Waals surface area contributed by atoms with Crippen molar-refractivity contribution < 1.29 is 88.9 Å². The summed E-state index contributed by atoms with van der Waals surface area (Å²) in [5, 5.41) is 38.5. The number of aromatic nitrogens is 8. The molecule has 0 bridgehead atoms. The number of carbonyl (C=O) groups excluding carboxylic acids is 1. The van der Waals surface area contributed by atoms with Gasteiger partial charge in [-0.1, -0.05) is 212 Å². The van der Waals surface area contributed by atoms with E-state index in [2.05, 4.69) is 268 Å². The number of aliphatic hydroxyl groups is 1. The van der Waals surface area contributed by atoms with E-state index in [4.69, 9.17) is 10.2 Å². The Bertz CT molecular complexity index is 7040. The van der Waals surface area contributed by atoms with E-state index in [-0.39, 0.29) is 83.1 Å². The summed E-state index contributed by atoms with van der Waals surface area (Å²) in [7, 11) is 0. The van der Waals surface area contributed by atoms with Crippen molar-refractivity contribution in [2.75, 3.05) is 0 Å². The zero-order valence-electron chi connectivity index (χ0n) is 64.9. The molecule has 9 aromatic heterocycles. The molecule has 2 N–H and O–H groups in total. The molecule has 21 aromatic rings. The maximum atomic E-state index is 13.2. The van der Waals surface area contributed by atoms with Crippen molar-refractivity contribution in [3.63, 3.8) is 0 Å². The number of nitrogens with zero attached hydrogens (tertiary/aromatic N) is 10. The Labute approximate surface area is 744 Å². The molecule has 0 unspecified atom stereocenters. The molecule has 9 heterocycles. The van der Waals surface area contributed by atoms with Crippen LogP contribution in [-0.4, -0.2) is 60.2 Å². The quantitative estimate of drug-likeness (QED) is 0.0810. The van der Waals surface area contributed by atoms with Gasteiger partial charge in [0, 0.05) is 152 Å². The fourth-order valence-corrected chi connectivity index (χ4v) is 15.9. The van der Waals surface area contributed by atoms with Crippen molar-refractivity contribution in [3.05, 3.63) is 417 Å². The van der Waals surface area contributed by atoms with Crippen LogP contribution in [0.15, 0.2) is 364 Å². The summed E-state index contributed by atoms with van der Waals surface area (Å²) >= 11 is 1.73. The zero-order valence-corrected chi connectivity index (χ0v) is 72.9. The number of thiophene rings is 1. The first-order valence-corrected chi connectivity index (χ1v) is 38.6. The number of aromatic carboxylic acids is 1. The van der Waals surface area contributed by atoms with E-state index in [0.717, 1.165) is 127 Å². The van der Waals surface area contributed by atoms with Gasteiger partial charge in [0.25, 0.3) is 0 Å². The van der Waals surface area contributed by atoms with Crippen LogP contribution in [0.5, 0.6) is 0 Å². The average Bonchev–Trinajstić information content (AvgIpc) is 1.50. The number of nitriles is 1. The number of benzene rings is 12. The second-order valence-corrected chi connectivity index (χ2v) is 28.3. The van der Waals surface area contributed by atoms with Gasteiger partial charge in [-0.05, 0) is 114 Å². The van der Waals surface area contributed by atoms with Gasteiger partial charge in [0.2, 0.25) is 5.69 Å². The number of allylic oxidation sites excluding steroid dienone is 2. The van der Waals surface area contributed by atoms with Crippen LogP contribution in [-0.2, 0) is 65.1 Å². The molecule has 12 aromatic carbocycles. The van der Waals surface area contributed by atoms with E-state index >= 15 is 0 Å². The number of pyridine rings is 4. The predicted molar refractivity (Wildman–Crippen MR) is 474 cm³/mol. The molecule has 3 radical (unpaired) electrons. The summed E-state index contributed by atoms with van der Waals surface area (Å²) < 4.78 is 36.1. The van der Waals surface area contributed by atoms with Gasteiger partial charge in [-0.25, -0.2) is 26.0 Å². The number of aliphatic hydroxyl groups excluding tert-OH is 1. The Kier molecular flexibility index (Phi) is 27.5. The van der Waals surface area contributed by atoms with E-state index in [1.54, 1.807) is 54.1 Å². The third-order valence-corrected chi connectivity index (χ3v) is 20.9. The minimum absolute atomic E-state index is 0. The molecule has 14 nitrogen and oxygen atoms in total. The van der Waals surface area contributed by atoms with Gasteiger partial charge in [-0.3, -0.25) is 13.6 Å². The zero-order chi connectivity index (χ0) is 81.9. The molecule has 0 spiro atoms. The van der Waals surface area contributed by atoms with E-state index in [0.29, 0.717) is 34.0 Å². The van der Waals surface area contributed by atoms with E-state index < -0.39 is 17.6 Å². The summed E-state index contributed by atoms with van der Waals surface area (Å²) in [6, 6.07) is 119. The number of carboxylic acid groups (broad SMARTS) is 1. The standard InChI is InChI=1S/C56H32N6.C13H8NS.C11H6F2N.C11H8N.C6H5NO2.C5H8O2.3Ir/c1-58-52-53(59-44-26-10-2-18-35(44)36-19-3-11-27-45(36)59)43(34-57)54(60-46-28-12-4-20-37(46)38-21-5-13-29-47(38)60)56(62-50-32-16-8-24-41(50)42-25-9-17-33-51(42)62)55(52)61-48-30-14-6-22-39(48)40-23-7-15-31-49(40)61;1-2-7-12-10(5-1)9-13(15-12)11-6-3-4-8-14-11;12-8-4-5-9(10(13)7-8)11-3-1-2-6-14-11;1-2-6-10(7-3-1)11-8-4-5-9-12-11;8-6(9)5-3-1-2-4-7-5;1-4(6)3-5(2)7;;;/h2-33H;1-8H;1-4,6-7H;1-6,8-9H;1-4H,(H,8,9);3,6H,1-2H3;;;/q;3*-1;;;;;. The van der Waals surface area contributed by atoms with E-state index in [1.165, 1.54) is 42.3 Å². The molecular weight excluding hydrogens is 2080 g/mol. The van der Waals surface area contributed by atoms with Crippen molar-refractivity contribution in [2.45, 2.75) is 13.8 Å². The number of hydrogen-bond donors (Lipinski definition) is 2. The number of rotatable bonds is 9. The van der Waals surface area contributed by atoms with Crippen LogP contribution in [0.3, 0.4) is 0 Å². The minimum Gasteiger partial charge on any atom is -0.512 e. The van der Waals surface area contributed by atoms with Crippen LogP contribution in [0, 0.1) is 47.7 Å². The molecule has 0 aliphatic heterocycles. The normalized spacial score (nSPS) is 10.8. The molecule has 21 rings (SSSR count). The van der Waals surface area contributed by atoms with Gasteiger partial charge in [0.15, 0.2) is 5.78 Å². The van der Waals surface area contributed by atoms with E-state index in [9.17, 15) is 30.2 Å². The molecule has 0 aliphatic carbocycles. The maximum absolute atomic E-state index is 13.2. The van der Waals surface area contributed by atoms with Gasteiger partial charge in [-0.2, -0.15) is 5.26 Å². The predicted octanol–water partition coefficient (Wildman–Crippen LogP) is 25.4. The van der Waals surface area contributed by atoms with Gasteiger partial charge in [0.05, 0.1) is 84.8 Å². The topological polar surface area (TPSA) is 174 Å². The first-order chi connectivity index (χ1) is 58.4. The number of fused-ring (bicyclic) bond motifs is 13. The molecule has 20 heteroatoms. The van der Waals surface area contributed by atoms with Crippen LogP contribution >= 0.6 is 11.3 Å². The second kappa shape index (κ2) is 39.2. The molecule has 0 atom stereocenters. The Hall–Kier alpha value is -14.1. The summed E-state index contributed by atoms with van der Waals surface area (Å²) in [6.45, 7) is 12.3. The van der Waals surface area contributed by atoms with Crippen molar-refractivity contribution in [2.24, 2.45) is 0 Å². The van der Waals surface area contributed by atoms with E-state index in [1.807, 2.05) is 85.1 Å². The molecule has 122 heavy (non-hydrogen) atoms. The molecule has 0 aliphatic rings. The summed E-state index contributed by atoms with van der Waals surface area (Å²) in [5.74, 6) is -2.34. The number of carbonyl (C=O) groups is 2. The Morgan fingerprint density at radius 2 is 0.820 bits per heavy atom. The van der Waals surface area contributed by atoms with Crippen LogP contribution in [0.25, 0.3) is 158 Å². The SMILES string of the molecule is CC(=O)C=C(C)O.Fc1c[c-]c(-c2ccccn2)c(F)c1.O=C(O)c1ccccn1.[C-]#[N+]c1c(-n2c3ccccc3c3ccccc32)c(C#N)c(-n2c3ccccc3c3ccccc32)c(-n2c3ccccc3c3ccccc32)c1-n1c2ccccc2c2ccccc21.[Ir].[Ir].[Ir].[c-]1c(-c2ccccn2)sc2ccccc12.[c-]1ccccc1-c1ccccn1. The molecule has 0 saturated carbocycles. The van der Waals surface area contributed by atoms with Gasteiger partial charge in [-0.15, -0.1) is 71.6 Å². The Morgan fingerprint density at radius 1 is 0.443 bits per heavy atom. The second-order valence-electron chi connectivity index (χ2n) is 27.3. The molecule has 0 fully saturated rings. The van der Waals surface area contributed by atoms with Gasteiger partial charge < -0.3 is 43.4 Å². The molecule has 0 saturated heterocycles. The van der Waals surface area contributed by atoms with Crippen LogP contribution < -0.4 is 0 Å². The Balaban J connectivity index is 0.000000170. The molecule has 599 valence electrons. The Morgan fingerprint density at radius 3 is 1.17 bits per heavy atom. The first-order valence-electron chi connectivity index (χ1n) is 37.8. The fraction of sp³-hybridized carbons (Fsp3) is 0.0196. The first kappa shape index (κ1) is 85.7. The largest absolute Gasteiger partial charge is 0.512 e. The number of para-hydroxylation sites is 8. The smallest absolute Gasteiger partial charge is 0.354 e. The monoisotopic (exact) mass is 2140 g/mol. The summed E-state index contributed by atoms with van der Waals surface area (Å²) in [5.41, 5.74) is 14.8. The molecule has 0 amide bonds.